The van der Waals surface area contributed by atoms with Gasteiger partial charge in [0.15, 0.2) is 0 Å². The molecule has 0 fully saturated rings. The van der Waals surface area contributed by atoms with Gasteiger partial charge in [0.2, 0.25) is 5.76 Å². The Morgan fingerprint density at radius 2 is 2.32 bits per heavy atom. The summed E-state index contributed by atoms with van der Waals surface area (Å²) in [6.07, 6.45) is 5.10. The summed E-state index contributed by atoms with van der Waals surface area (Å²) in [5.41, 5.74) is 1.43. The van der Waals surface area contributed by atoms with E-state index in [0.717, 1.165) is 34.4 Å². The van der Waals surface area contributed by atoms with E-state index in [1.54, 1.807) is 35.5 Å². The minimum atomic E-state index is -0.457. The fourth-order valence-electron chi connectivity index (χ4n) is 3.16. The van der Waals surface area contributed by atoms with Crippen LogP contribution in [0, 0.1) is 5.92 Å². The van der Waals surface area contributed by atoms with Crippen molar-refractivity contribution in [2.75, 3.05) is 7.11 Å². The summed E-state index contributed by atoms with van der Waals surface area (Å²) >= 11 is 3.42. The molecule has 1 aliphatic rings. The molecule has 0 aliphatic heterocycles. The van der Waals surface area contributed by atoms with Crippen molar-refractivity contribution < 1.29 is 13.9 Å². The summed E-state index contributed by atoms with van der Waals surface area (Å²) < 4.78 is 10.2. The number of hydrogen-bond acceptors (Lipinski definition) is 7. The van der Waals surface area contributed by atoms with E-state index in [1.807, 2.05) is 6.07 Å². The molecule has 1 unspecified atom stereocenters. The molecule has 3 aromatic heterocycles. The molecule has 4 rings (SSSR count). The Hall–Kier alpha value is -1.86. The molecule has 3 aromatic rings. The molecule has 25 heavy (non-hydrogen) atoms. The molecule has 7 heteroatoms. The summed E-state index contributed by atoms with van der Waals surface area (Å²) in [4.78, 5) is 23.0. The van der Waals surface area contributed by atoms with Crippen LogP contribution in [0.4, 0.5) is 0 Å². The second kappa shape index (κ2) is 6.80. The van der Waals surface area contributed by atoms with E-state index in [1.165, 1.54) is 29.4 Å². The van der Waals surface area contributed by atoms with Crippen LogP contribution in [0.5, 0.6) is 0 Å². The highest BCUT2D eigenvalue weighted by molar-refractivity contribution is 7.98. The maximum absolute atomic E-state index is 11.5. The lowest BCUT2D eigenvalue weighted by Gasteiger charge is -2.18. The molecule has 0 radical (unpaired) electrons. The fourth-order valence-corrected chi connectivity index (χ4v) is 5.50. The molecule has 0 aromatic carbocycles. The number of thiophene rings is 1. The SMILES string of the molecule is COC(=O)c1ccc(CSc2ncnc3sc4c(c23)CCC(C)C4)o1. The van der Waals surface area contributed by atoms with Crippen LogP contribution in [0.25, 0.3) is 10.2 Å². The smallest absolute Gasteiger partial charge is 0.373 e. The first kappa shape index (κ1) is 16.6. The van der Waals surface area contributed by atoms with E-state index >= 15 is 0 Å². The highest BCUT2D eigenvalue weighted by Crippen LogP contribution is 2.41. The van der Waals surface area contributed by atoms with Crippen molar-refractivity contribution in [2.45, 2.75) is 37.0 Å². The minimum Gasteiger partial charge on any atom is -0.463 e. The quantitative estimate of drug-likeness (QED) is 0.381. The van der Waals surface area contributed by atoms with E-state index < -0.39 is 5.97 Å². The Bertz CT molecular complexity index is 932. The molecule has 0 saturated carbocycles. The van der Waals surface area contributed by atoms with Crippen molar-refractivity contribution in [1.82, 2.24) is 9.97 Å². The molecule has 0 bridgehead atoms. The topological polar surface area (TPSA) is 65.2 Å². The van der Waals surface area contributed by atoms with Gasteiger partial charge in [-0.3, -0.25) is 0 Å². The summed E-state index contributed by atoms with van der Waals surface area (Å²) in [6, 6.07) is 3.45. The van der Waals surface area contributed by atoms with Crippen molar-refractivity contribution in [3.05, 3.63) is 40.4 Å². The van der Waals surface area contributed by atoms with Gasteiger partial charge >= 0.3 is 5.97 Å². The van der Waals surface area contributed by atoms with Crippen molar-refractivity contribution >= 4 is 39.3 Å². The Morgan fingerprint density at radius 3 is 3.16 bits per heavy atom. The van der Waals surface area contributed by atoms with Gasteiger partial charge < -0.3 is 9.15 Å². The van der Waals surface area contributed by atoms with E-state index in [4.69, 9.17) is 4.42 Å². The number of fused-ring (bicyclic) bond motifs is 3. The van der Waals surface area contributed by atoms with E-state index in [0.29, 0.717) is 5.75 Å². The number of aryl methyl sites for hydroxylation is 1. The monoisotopic (exact) mass is 374 g/mol. The van der Waals surface area contributed by atoms with Crippen LogP contribution in [-0.4, -0.2) is 23.0 Å². The van der Waals surface area contributed by atoms with Gasteiger partial charge in [-0.2, -0.15) is 0 Å². The Morgan fingerprint density at radius 1 is 1.44 bits per heavy atom. The van der Waals surface area contributed by atoms with Gasteiger partial charge in [0.05, 0.1) is 12.9 Å². The normalized spacial score (nSPS) is 16.8. The number of aromatic nitrogens is 2. The maximum atomic E-state index is 11.5. The molecule has 0 N–H and O–H groups in total. The average Bonchev–Trinajstić information content (AvgIpc) is 3.23. The van der Waals surface area contributed by atoms with Crippen molar-refractivity contribution in [3.63, 3.8) is 0 Å². The minimum absolute atomic E-state index is 0.229. The highest BCUT2D eigenvalue weighted by atomic mass is 32.2. The Labute approximate surface area is 153 Å². The van der Waals surface area contributed by atoms with Gasteiger partial charge in [0.25, 0.3) is 0 Å². The van der Waals surface area contributed by atoms with Crippen LogP contribution < -0.4 is 0 Å². The Kier molecular flexibility index (Phi) is 4.52. The number of thioether (sulfide) groups is 1. The molecule has 1 aliphatic carbocycles. The zero-order chi connectivity index (χ0) is 17.4. The lowest BCUT2D eigenvalue weighted by molar-refractivity contribution is 0.0563. The lowest BCUT2D eigenvalue weighted by Crippen LogP contribution is -2.08. The first-order valence-electron chi connectivity index (χ1n) is 8.20. The van der Waals surface area contributed by atoms with Crippen LogP contribution in [0.3, 0.4) is 0 Å². The van der Waals surface area contributed by atoms with Gasteiger partial charge in [0, 0.05) is 10.3 Å². The third-order valence-corrected chi connectivity index (χ3v) is 6.63. The van der Waals surface area contributed by atoms with Gasteiger partial charge in [0.1, 0.15) is 21.9 Å². The van der Waals surface area contributed by atoms with Crippen LogP contribution >= 0.6 is 23.1 Å². The number of hydrogen-bond donors (Lipinski definition) is 0. The van der Waals surface area contributed by atoms with Gasteiger partial charge in [-0.05, 0) is 42.9 Å². The highest BCUT2D eigenvalue weighted by Gasteiger charge is 2.23. The molecular formula is C18H18N2O3S2. The predicted molar refractivity (Wildman–Crippen MR) is 98.2 cm³/mol. The number of ether oxygens (including phenoxy) is 1. The molecule has 0 amide bonds. The molecule has 0 spiro atoms. The zero-order valence-electron chi connectivity index (χ0n) is 14.1. The molecule has 3 heterocycles. The zero-order valence-corrected chi connectivity index (χ0v) is 15.7. The van der Waals surface area contributed by atoms with Crippen LogP contribution in [0.2, 0.25) is 0 Å². The predicted octanol–water partition coefficient (Wildman–Crippen LogP) is 4.49. The summed E-state index contributed by atoms with van der Waals surface area (Å²) in [7, 11) is 1.34. The first-order valence-corrected chi connectivity index (χ1v) is 10.0. The number of furan rings is 1. The fraction of sp³-hybridized carbons (Fsp3) is 0.389. The molecule has 130 valence electrons. The number of methoxy groups -OCH3 is 1. The summed E-state index contributed by atoms with van der Waals surface area (Å²) in [5, 5.41) is 2.20. The third kappa shape index (κ3) is 3.18. The largest absolute Gasteiger partial charge is 0.463 e. The van der Waals surface area contributed by atoms with E-state index in [9.17, 15) is 4.79 Å². The summed E-state index contributed by atoms with van der Waals surface area (Å²) in [6.45, 7) is 2.31. The third-order valence-electron chi connectivity index (χ3n) is 4.46. The van der Waals surface area contributed by atoms with Crippen molar-refractivity contribution in [2.24, 2.45) is 5.92 Å². The van der Waals surface area contributed by atoms with Crippen molar-refractivity contribution in [1.29, 1.82) is 0 Å². The Balaban J connectivity index is 1.59. The number of esters is 1. The van der Waals surface area contributed by atoms with Crippen molar-refractivity contribution in [3.8, 4) is 0 Å². The number of carbonyl (C=O) groups is 1. The lowest BCUT2D eigenvalue weighted by atomic mass is 9.89. The maximum Gasteiger partial charge on any atom is 0.373 e. The summed E-state index contributed by atoms with van der Waals surface area (Å²) in [5.74, 6) is 1.86. The van der Waals surface area contributed by atoms with Gasteiger partial charge in [-0.1, -0.05) is 18.7 Å². The second-order valence-corrected chi connectivity index (χ2v) is 8.30. The molecule has 5 nitrogen and oxygen atoms in total. The number of carbonyl (C=O) groups excluding carboxylic acids is 1. The molecular weight excluding hydrogens is 356 g/mol. The average molecular weight is 374 g/mol. The number of nitrogens with zero attached hydrogens (tertiary/aromatic N) is 2. The number of rotatable bonds is 4. The van der Waals surface area contributed by atoms with E-state index in [-0.39, 0.29) is 5.76 Å². The van der Waals surface area contributed by atoms with Gasteiger partial charge in [-0.25, -0.2) is 14.8 Å². The van der Waals surface area contributed by atoms with Gasteiger partial charge in [-0.15, -0.1) is 11.3 Å². The second-order valence-electron chi connectivity index (χ2n) is 6.26. The standard InChI is InChI=1S/C18H18N2O3S2/c1-10-3-5-12-14(7-10)25-17-15(12)16(19-9-20-17)24-8-11-4-6-13(23-11)18(21)22-2/h4,6,9-10H,3,5,7-8H2,1-2H3. The van der Waals surface area contributed by atoms with Crippen LogP contribution in [0.1, 0.15) is 40.1 Å². The first-order chi connectivity index (χ1) is 12.2. The van der Waals surface area contributed by atoms with Crippen LogP contribution in [0.15, 0.2) is 27.9 Å². The molecule has 0 saturated heterocycles. The molecule has 1 atom stereocenters. The van der Waals surface area contributed by atoms with E-state index in [2.05, 4.69) is 21.6 Å². The van der Waals surface area contributed by atoms with Crippen LogP contribution in [-0.2, 0) is 23.3 Å².